The third kappa shape index (κ3) is 7.39. The summed E-state index contributed by atoms with van der Waals surface area (Å²) >= 11 is 1.33. The van der Waals surface area contributed by atoms with Gasteiger partial charge in [0.15, 0.2) is 23.3 Å². The number of amidine groups is 1. The summed E-state index contributed by atoms with van der Waals surface area (Å²) in [5.41, 5.74) is 3.52. The highest BCUT2D eigenvalue weighted by Gasteiger charge is 2.33. The molecule has 200 valence electrons. The monoisotopic (exact) mass is 542 g/mol. The van der Waals surface area contributed by atoms with Gasteiger partial charge in [-0.05, 0) is 60.0 Å². The SMILES string of the molecule is C=CCc1cc(/C=C2/SC(=NCc3ccccc3)N(Cc3ccccc3)C2=O)cc(OCC)c1OCC(=O)O. The molecule has 8 heteroatoms. The molecule has 3 aromatic rings. The van der Waals surface area contributed by atoms with Crippen LogP contribution in [0.1, 0.15) is 29.2 Å². The molecule has 0 aliphatic carbocycles. The number of carbonyl (C=O) groups is 2. The lowest BCUT2D eigenvalue weighted by atomic mass is 10.0. The second-order valence-corrected chi connectivity index (χ2v) is 9.70. The number of carbonyl (C=O) groups excluding carboxylic acids is 1. The minimum absolute atomic E-state index is 0.134. The molecular weight excluding hydrogens is 512 g/mol. The van der Waals surface area contributed by atoms with Gasteiger partial charge in [0, 0.05) is 5.56 Å². The summed E-state index contributed by atoms with van der Waals surface area (Å²) in [7, 11) is 0. The number of benzene rings is 3. The second kappa shape index (κ2) is 13.5. The Morgan fingerprint density at radius 1 is 1.05 bits per heavy atom. The lowest BCUT2D eigenvalue weighted by Gasteiger charge is -2.16. The first kappa shape index (κ1) is 27.7. The Hall–Kier alpha value is -4.30. The van der Waals surface area contributed by atoms with E-state index in [9.17, 15) is 9.59 Å². The summed E-state index contributed by atoms with van der Waals surface area (Å²) in [5, 5.41) is 9.75. The van der Waals surface area contributed by atoms with E-state index in [0.717, 1.165) is 22.3 Å². The topological polar surface area (TPSA) is 88.4 Å². The van der Waals surface area contributed by atoms with Gasteiger partial charge in [-0.2, -0.15) is 0 Å². The molecule has 1 saturated heterocycles. The van der Waals surface area contributed by atoms with Crippen LogP contribution in [0.25, 0.3) is 6.08 Å². The number of hydrogen-bond acceptors (Lipinski definition) is 6. The first-order valence-corrected chi connectivity index (χ1v) is 13.4. The van der Waals surface area contributed by atoms with Gasteiger partial charge in [0.25, 0.3) is 5.91 Å². The molecule has 1 aliphatic heterocycles. The van der Waals surface area contributed by atoms with Crippen molar-refractivity contribution in [3.05, 3.63) is 113 Å². The van der Waals surface area contributed by atoms with E-state index in [1.165, 1.54) is 11.8 Å². The number of aliphatic imine (C=N–C) groups is 1. The lowest BCUT2D eigenvalue weighted by molar-refractivity contribution is -0.139. The molecule has 1 fully saturated rings. The van der Waals surface area contributed by atoms with E-state index in [2.05, 4.69) is 6.58 Å². The quantitative estimate of drug-likeness (QED) is 0.225. The number of carboxylic acid groups (broad SMARTS) is 1. The number of carboxylic acids is 1. The van der Waals surface area contributed by atoms with Crippen molar-refractivity contribution in [2.24, 2.45) is 4.99 Å². The van der Waals surface area contributed by atoms with E-state index in [1.807, 2.05) is 79.7 Å². The number of aliphatic carboxylic acids is 1. The Bertz CT molecular complexity index is 1390. The fraction of sp³-hybridized carbons (Fsp3) is 0.194. The molecule has 0 radical (unpaired) electrons. The summed E-state index contributed by atoms with van der Waals surface area (Å²) in [6.45, 7) is 6.39. The maximum absolute atomic E-state index is 13.6. The van der Waals surface area contributed by atoms with E-state index < -0.39 is 12.6 Å². The lowest BCUT2D eigenvalue weighted by Crippen LogP contribution is -2.28. The zero-order valence-corrected chi connectivity index (χ0v) is 22.5. The van der Waals surface area contributed by atoms with Crippen LogP contribution in [0.4, 0.5) is 0 Å². The number of rotatable bonds is 12. The van der Waals surface area contributed by atoms with E-state index in [1.54, 1.807) is 17.0 Å². The normalized spacial score (nSPS) is 15.1. The number of allylic oxidation sites excluding steroid dienone is 1. The smallest absolute Gasteiger partial charge is 0.341 e. The number of nitrogens with zero attached hydrogens (tertiary/aromatic N) is 2. The standard InChI is InChI=1S/C31H30N2O5S/c1-3-11-25-16-24(17-26(37-4-2)29(25)38-21-28(34)35)18-27-30(36)33(20-23-14-9-6-10-15-23)31(39-27)32-19-22-12-7-5-8-13-22/h3,5-10,12-18H,1,4,11,19-21H2,2H3,(H,34,35)/b27-18+,32-31?. The molecule has 3 aromatic carbocycles. The van der Waals surface area contributed by atoms with Gasteiger partial charge in [0.2, 0.25) is 0 Å². The van der Waals surface area contributed by atoms with Crippen LogP contribution in [0.2, 0.25) is 0 Å². The van der Waals surface area contributed by atoms with Crippen molar-refractivity contribution >= 4 is 34.9 Å². The summed E-state index contributed by atoms with van der Waals surface area (Å²) < 4.78 is 11.4. The predicted molar refractivity (Wildman–Crippen MR) is 155 cm³/mol. The zero-order chi connectivity index (χ0) is 27.6. The predicted octanol–water partition coefficient (Wildman–Crippen LogP) is 5.95. The van der Waals surface area contributed by atoms with Crippen molar-refractivity contribution in [1.29, 1.82) is 0 Å². The zero-order valence-electron chi connectivity index (χ0n) is 21.7. The fourth-order valence-electron chi connectivity index (χ4n) is 4.06. The largest absolute Gasteiger partial charge is 0.490 e. The maximum atomic E-state index is 13.6. The van der Waals surface area contributed by atoms with Crippen LogP contribution in [0.3, 0.4) is 0 Å². The van der Waals surface area contributed by atoms with Crippen LogP contribution in [-0.2, 0) is 29.1 Å². The third-order valence-corrected chi connectivity index (χ3v) is 6.81. The molecule has 39 heavy (non-hydrogen) atoms. The van der Waals surface area contributed by atoms with Crippen LogP contribution in [-0.4, -0.2) is 40.3 Å². The van der Waals surface area contributed by atoms with Crippen molar-refractivity contribution in [2.75, 3.05) is 13.2 Å². The van der Waals surface area contributed by atoms with Crippen LogP contribution in [0.5, 0.6) is 11.5 Å². The highest BCUT2D eigenvalue weighted by Crippen LogP contribution is 2.38. The number of amides is 1. The number of hydrogen-bond donors (Lipinski definition) is 1. The molecule has 1 amide bonds. The van der Waals surface area contributed by atoms with Gasteiger partial charge in [-0.25, -0.2) is 4.79 Å². The molecule has 7 nitrogen and oxygen atoms in total. The minimum Gasteiger partial charge on any atom is -0.490 e. The van der Waals surface area contributed by atoms with Crippen LogP contribution in [0.15, 0.2) is 95.3 Å². The van der Waals surface area contributed by atoms with Gasteiger partial charge in [0.1, 0.15) is 0 Å². The molecule has 0 bridgehead atoms. The van der Waals surface area contributed by atoms with E-state index in [0.29, 0.717) is 47.7 Å². The van der Waals surface area contributed by atoms with Gasteiger partial charge in [0.05, 0.1) is 24.6 Å². The van der Waals surface area contributed by atoms with Crippen molar-refractivity contribution in [3.63, 3.8) is 0 Å². The van der Waals surface area contributed by atoms with Gasteiger partial charge in [-0.15, -0.1) is 6.58 Å². The van der Waals surface area contributed by atoms with Gasteiger partial charge < -0.3 is 14.6 Å². The van der Waals surface area contributed by atoms with Crippen molar-refractivity contribution in [3.8, 4) is 11.5 Å². The van der Waals surface area contributed by atoms with Gasteiger partial charge in [-0.1, -0.05) is 66.7 Å². The van der Waals surface area contributed by atoms with Crippen LogP contribution in [0, 0.1) is 0 Å². The average Bonchev–Trinajstić information content (AvgIpc) is 3.22. The van der Waals surface area contributed by atoms with E-state index in [-0.39, 0.29) is 5.91 Å². The Morgan fingerprint density at radius 3 is 2.38 bits per heavy atom. The number of ether oxygens (including phenoxy) is 2. The molecule has 0 saturated carbocycles. The molecule has 0 atom stereocenters. The Morgan fingerprint density at radius 2 is 1.74 bits per heavy atom. The molecule has 1 heterocycles. The highest BCUT2D eigenvalue weighted by atomic mass is 32.2. The van der Waals surface area contributed by atoms with Crippen molar-refractivity contribution < 1.29 is 24.2 Å². The average molecular weight is 543 g/mol. The summed E-state index contributed by atoms with van der Waals surface area (Å²) in [5.74, 6) is -0.436. The molecule has 0 unspecified atom stereocenters. The molecule has 1 N–H and O–H groups in total. The van der Waals surface area contributed by atoms with Crippen molar-refractivity contribution in [1.82, 2.24) is 4.90 Å². The Kier molecular flexibility index (Phi) is 9.58. The first-order chi connectivity index (χ1) is 19.0. The second-order valence-electron chi connectivity index (χ2n) is 8.69. The van der Waals surface area contributed by atoms with Crippen LogP contribution >= 0.6 is 11.8 Å². The molecule has 1 aliphatic rings. The molecule has 0 aromatic heterocycles. The van der Waals surface area contributed by atoms with E-state index in [4.69, 9.17) is 19.6 Å². The Labute approximate surface area is 232 Å². The number of thioether (sulfide) groups is 1. The maximum Gasteiger partial charge on any atom is 0.341 e. The molecule has 4 rings (SSSR count). The fourth-order valence-corrected chi connectivity index (χ4v) is 5.04. The minimum atomic E-state index is -1.08. The highest BCUT2D eigenvalue weighted by molar-refractivity contribution is 8.18. The molecular formula is C31H30N2O5S. The molecule has 0 spiro atoms. The summed E-state index contributed by atoms with van der Waals surface area (Å²) in [6, 6.07) is 23.4. The first-order valence-electron chi connectivity index (χ1n) is 12.6. The van der Waals surface area contributed by atoms with Crippen LogP contribution < -0.4 is 9.47 Å². The third-order valence-electron chi connectivity index (χ3n) is 5.77. The summed E-state index contributed by atoms with van der Waals surface area (Å²) in [4.78, 5) is 31.8. The summed E-state index contributed by atoms with van der Waals surface area (Å²) in [6.07, 6.45) is 3.96. The van der Waals surface area contributed by atoms with E-state index >= 15 is 0 Å². The Balaban J connectivity index is 1.70. The van der Waals surface area contributed by atoms with Crippen molar-refractivity contribution in [2.45, 2.75) is 26.4 Å². The van der Waals surface area contributed by atoms with Gasteiger partial charge >= 0.3 is 5.97 Å². The van der Waals surface area contributed by atoms with Gasteiger partial charge in [-0.3, -0.25) is 14.7 Å².